The van der Waals surface area contributed by atoms with Crippen LogP contribution >= 0.6 is 11.3 Å². The number of piperidine rings is 1. The smallest absolute Gasteiger partial charge is 0.357 e. The summed E-state index contributed by atoms with van der Waals surface area (Å²) in [6, 6.07) is 10.7. The van der Waals surface area contributed by atoms with Crippen molar-refractivity contribution in [1.82, 2.24) is 29.1 Å². The Bertz CT molecular complexity index is 2200. The number of halogens is 3. The molecule has 0 amide bonds. The number of nitrogens with one attached hydrogen (secondary N) is 2. The van der Waals surface area contributed by atoms with Crippen LogP contribution in [0.1, 0.15) is 67.1 Å². The third-order valence-corrected chi connectivity index (χ3v) is 15.2. The number of nitrogens with zero attached hydrogens (tertiary/aromatic N) is 7. The van der Waals surface area contributed by atoms with Gasteiger partial charge in [-0.3, -0.25) is 9.80 Å². The molecule has 54 heavy (non-hydrogen) atoms. The van der Waals surface area contributed by atoms with Crippen LogP contribution in [0.3, 0.4) is 0 Å². The van der Waals surface area contributed by atoms with Crippen molar-refractivity contribution in [2.45, 2.75) is 95.4 Å². The van der Waals surface area contributed by atoms with Gasteiger partial charge in [-0.15, -0.1) is 11.3 Å². The van der Waals surface area contributed by atoms with Crippen LogP contribution in [0, 0.1) is 23.7 Å². The standard InChI is InChI=1S/C38H48F3N9O2S2/c1-24(48-12-8-30(9-13-48)54(51,52)46-27-5-6-27)20-50-28(19-42)16-31-25(2)26(4-7-33(31)50)21-47-14-10-37(22-47)11-15-49(23-37)34-32-17-29(18-38(39,40)41)53-35(32)45-36(43-3)44-34/h4,7,16-17,24,27,30,46H,5-6,8-15,18,20-23H2,1-3H3,(H,43,44,45)/t24-,37?/m0/s1. The van der Waals surface area contributed by atoms with Crippen molar-refractivity contribution in [2.24, 2.45) is 5.41 Å². The molecule has 2 N–H and O–H groups in total. The van der Waals surface area contributed by atoms with Gasteiger partial charge in [0.1, 0.15) is 22.4 Å². The lowest BCUT2D eigenvalue weighted by atomic mass is 9.86. The molecule has 6 heterocycles. The zero-order valence-corrected chi connectivity index (χ0v) is 32.7. The van der Waals surface area contributed by atoms with E-state index >= 15 is 0 Å². The molecule has 8 rings (SSSR count). The van der Waals surface area contributed by atoms with E-state index in [1.807, 2.05) is 6.07 Å². The number of anilines is 2. The topological polar surface area (TPSA) is 122 Å². The highest BCUT2D eigenvalue weighted by molar-refractivity contribution is 7.90. The lowest BCUT2D eigenvalue weighted by Crippen LogP contribution is -2.47. The molecule has 11 nitrogen and oxygen atoms in total. The summed E-state index contributed by atoms with van der Waals surface area (Å²) in [7, 11) is -1.55. The van der Waals surface area contributed by atoms with Gasteiger partial charge in [-0.1, -0.05) is 6.07 Å². The maximum absolute atomic E-state index is 13.2. The number of hydrogen-bond donors (Lipinski definition) is 2. The molecule has 16 heteroatoms. The number of alkyl halides is 3. The molecule has 4 fully saturated rings. The van der Waals surface area contributed by atoms with E-state index in [9.17, 15) is 26.9 Å². The molecule has 3 saturated heterocycles. The van der Waals surface area contributed by atoms with Crippen LogP contribution in [0.2, 0.25) is 0 Å². The van der Waals surface area contributed by atoms with Gasteiger partial charge < -0.3 is 14.8 Å². The van der Waals surface area contributed by atoms with E-state index in [2.05, 4.69) is 66.3 Å². The summed E-state index contributed by atoms with van der Waals surface area (Å²) >= 11 is 1.08. The van der Waals surface area contributed by atoms with Gasteiger partial charge in [0.25, 0.3) is 0 Å². The van der Waals surface area contributed by atoms with E-state index in [0.717, 1.165) is 80.6 Å². The van der Waals surface area contributed by atoms with Crippen LogP contribution in [-0.4, -0.2) is 103 Å². The first-order valence-corrected chi connectivity index (χ1v) is 21.4. The van der Waals surface area contributed by atoms with Crippen LogP contribution in [-0.2, 0) is 29.5 Å². The van der Waals surface area contributed by atoms with Gasteiger partial charge in [0, 0.05) is 73.1 Å². The summed E-state index contributed by atoms with van der Waals surface area (Å²) in [4.78, 5) is 17.1. The molecule has 2 atom stereocenters. The van der Waals surface area contributed by atoms with Crippen molar-refractivity contribution >= 4 is 54.2 Å². The minimum absolute atomic E-state index is 0.0692. The van der Waals surface area contributed by atoms with Crippen LogP contribution in [0.4, 0.5) is 24.9 Å². The average Bonchev–Trinajstić information content (AvgIpc) is 3.43. The number of nitriles is 1. The predicted octanol–water partition coefficient (Wildman–Crippen LogP) is 6.01. The summed E-state index contributed by atoms with van der Waals surface area (Å²) in [5, 5.41) is 14.6. The van der Waals surface area contributed by atoms with Gasteiger partial charge in [0.05, 0.1) is 17.1 Å². The van der Waals surface area contributed by atoms with Gasteiger partial charge in [-0.2, -0.15) is 23.4 Å². The first-order valence-electron chi connectivity index (χ1n) is 19.0. The summed E-state index contributed by atoms with van der Waals surface area (Å²) < 4.78 is 70.2. The molecule has 1 aliphatic carbocycles. The van der Waals surface area contributed by atoms with Crippen molar-refractivity contribution in [3.8, 4) is 6.07 Å². The monoisotopic (exact) mass is 783 g/mol. The quantitative estimate of drug-likeness (QED) is 0.189. The molecule has 290 valence electrons. The van der Waals surface area contributed by atoms with E-state index in [-0.39, 0.29) is 27.6 Å². The number of likely N-dealkylation sites (tertiary alicyclic amines) is 2. The van der Waals surface area contributed by atoms with Gasteiger partial charge in [-0.25, -0.2) is 18.1 Å². The fourth-order valence-corrected chi connectivity index (χ4v) is 11.7. The minimum Gasteiger partial charge on any atom is -0.357 e. The van der Waals surface area contributed by atoms with Crippen LogP contribution in [0.5, 0.6) is 0 Å². The molecule has 3 aliphatic heterocycles. The number of sulfonamides is 1. The molecular formula is C38H48F3N9O2S2. The van der Waals surface area contributed by atoms with Crippen molar-refractivity contribution in [1.29, 1.82) is 5.26 Å². The fourth-order valence-electron chi connectivity index (χ4n) is 8.96. The number of aryl methyl sites for hydroxylation is 1. The number of hydrogen-bond acceptors (Lipinski definition) is 10. The molecule has 4 aliphatic rings. The zero-order valence-electron chi connectivity index (χ0n) is 31.0. The largest absolute Gasteiger partial charge is 0.393 e. The number of benzene rings is 1. The maximum atomic E-state index is 13.2. The van der Waals surface area contributed by atoms with Crippen molar-refractivity contribution < 1.29 is 21.6 Å². The summed E-state index contributed by atoms with van der Waals surface area (Å²) in [5.41, 5.74) is 4.15. The highest BCUT2D eigenvalue weighted by Crippen LogP contribution is 2.44. The lowest BCUT2D eigenvalue weighted by Gasteiger charge is -2.36. The van der Waals surface area contributed by atoms with E-state index in [4.69, 9.17) is 4.98 Å². The molecular weight excluding hydrogens is 736 g/mol. The number of thiophene rings is 1. The van der Waals surface area contributed by atoms with Crippen LogP contribution < -0.4 is 14.9 Å². The molecule has 1 saturated carbocycles. The van der Waals surface area contributed by atoms with E-state index in [1.54, 1.807) is 13.1 Å². The highest BCUT2D eigenvalue weighted by atomic mass is 32.2. The SMILES string of the molecule is CNc1nc(N2CCC3(CCN(Cc4ccc5c(cc(C#N)n5C[C@H](C)N5CCC(S(=O)(=O)NC6CC6)CC5)c4C)C3)C2)c2cc(CC(F)(F)F)sc2n1. The van der Waals surface area contributed by atoms with Crippen molar-refractivity contribution in [2.75, 3.05) is 56.5 Å². The molecule has 1 aromatic carbocycles. The second-order valence-electron chi connectivity index (χ2n) is 16.0. The summed E-state index contributed by atoms with van der Waals surface area (Å²) in [6.07, 6.45) is -0.127. The molecule has 0 radical (unpaired) electrons. The normalized spacial score (nSPS) is 22.6. The van der Waals surface area contributed by atoms with E-state index < -0.39 is 22.6 Å². The Hall–Kier alpha value is -3.49. The van der Waals surface area contributed by atoms with Crippen molar-refractivity contribution in [3.63, 3.8) is 0 Å². The van der Waals surface area contributed by atoms with Gasteiger partial charge >= 0.3 is 6.18 Å². The second kappa shape index (κ2) is 14.2. The number of aromatic nitrogens is 3. The number of fused-ring (bicyclic) bond motifs is 2. The Kier molecular flexibility index (Phi) is 9.86. The van der Waals surface area contributed by atoms with Crippen LogP contribution in [0.15, 0.2) is 24.3 Å². The molecule has 4 aromatic rings. The Labute approximate surface area is 318 Å². The molecule has 1 spiro atoms. The molecule has 0 bridgehead atoms. The minimum atomic E-state index is -4.28. The summed E-state index contributed by atoms with van der Waals surface area (Å²) in [6.45, 7) is 10.6. The maximum Gasteiger partial charge on any atom is 0.393 e. The van der Waals surface area contributed by atoms with Gasteiger partial charge in [-0.05, 0) is 101 Å². The summed E-state index contributed by atoms with van der Waals surface area (Å²) in [5.74, 6) is 1.12. The molecule has 1 unspecified atom stereocenters. The second-order valence-corrected chi connectivity index (χ2v) is 19.1. The first kappa shape index (κ1) is 37.4. The molecule has 3 aromatic heterocycles. The Morgan fingerprint density at radius 1 is 1.06 bits per heavy atom. The third-order valence-electron chi connectivity index (χ3n) is 12.1. The number of rotatable bonds is 11. The zero-order chi connectivity index (χ0) is 38.0. The van der Waals surface area contributed by atoms with Gasteiger partial charge in [0.2, 0.25) is 16.0 Å². The Morgan fingerprint density at radius 2 is 1.81 bits per heavy atom. The predicted molar refractivity (Wildman–Crippen MR) is 206 cm³/mol. The Morgan fingerprint density at radius 3 is 2.52 bits per heavy atom. The fraction of sp³-hybridized carbons (Fsp3) is 0.605. The van der Waals surface area contributed by atoms with Crippen LogP contribution in [0.25, 0.3) is 21.1 Å². The Balaban J connectivity index is 0.930. The average molecular weight is 784 g/mol. The first-order chi connectivity index (χ1) is 25.7. The highest BCUT2D eigenvalue weighted by Gasteiger charge is 2.44. The van der Waals surface area contributed by atoms with Gasteiger partial charge in [0.15, 0.2) is 0 Å². The van der Waals surface area contributed by atoms with Crippen molar-refractivity contribution in [3.05, 3.63) is 46.0 Å². The van der Waals surface area contributed by atoms with E-state index in [0.29, 0.717) is 60.2 Å². The lowest BCUT2D eigenvalue weighted by molar-refractivity contribution is -0.126. The third kappa shape index (κ3) is 7.54. The van der Waals surface area contributed by atoms with E-state index in [1.165, 1.54) is 11.1 Å².